The Labute approximate surface area is 263 Å². The number of hydrogen-bond donors (Lipinski definition) is 0. The van der Waals surface area contributed by atoms with E-state index in [0.29, 0.717) is 13.2 Å². The van der Waals surface area contributed by atoms with Crippen molar-refractivity contribution in [3.05, 3.63) is 120 Å². The van der Waals surface area contributed by atoms with E-state index in [0.717, 1.165) is 35.3 Å². The molecule has 3 aromatic carbocycles. The van der Waals surface area contributed by atoms with Crippen LogP contribution < -0.4 is 0 Å². The van der Waals surface area contributed by atoms with Gasteiger partial charge in [0.1, 0.15) is 5.60 Å². The highest BCUT2D eigenvalue weighted by Crippen LogP contribution is 2.40. The quantitative estimate of drug-likeness (QED) is 0.0562. The molecule has 0 aliphatic heterocycles. The molecule has 0 N–H and O–H groups in total. The van der Waals surface area contributed by atoms with Gasteiger partial charge >= 0.3 is 0 Å². The third-order valence-corrected chi connectivity index (χ3v) is 8.48. The Bertz CT molecular complexity index is 980. The first-order valence-electron chi connectivity index (χ1n) is 17.3. The van der Waals surface area contributed by atoms with E-state index in [-0.39, 0.29) is 0 Å². The highest BCUT2D eigenvalue weighted by molar-refractivity contribution is 5.47. The first-order valence-corrected chi connectivity index (χ1v) is 17.3. The van der Waals surface area contributed by atoms with Gasteiger partial charge in [-0.1, -0.05) is 201 Å². The number of rotatable bonds is 25. The van der Waals surface area contributed by atoms with Crippen molar-refractivity contribution >= 4 is 0 Å². The molecule has 3 rings (SSSR count). The molecular formula is C41H58O2. The van der Waals surface area contributed by atoms with Crippen LogP contribution in [0.4, 0.5) is 0 Å². The second-order valence-corrected chi connectivity index (χ2v) is 12.2. The molecule has 0 aliphatic carbocycles. The van der Waals surface area contributed by atoms with E-state index in [1.54, 1.807) is 0 Å². The standard InChI is InChI=1S/C41H58O2/c1-3-4-5-6-7-8-9-10-11-12-13-14-15-16-17-27-34-42-35-37(2)36-43-41(38-28-21-18-22-29-38,39-30-23-19-24-31-39)40-32-25-20-26-33-40/h18-26,28-33H,2-17,27,34-36H2,1H3. The summed E-state index contributed by atoms with van der Waals surface area (Å²) >= 11 is 0. The van der Waals surface area contributed by atoms with Crippen molar-refractivity contribution in [3.8, 4) is 0 Å². The van der Waals surface area contributed by atoms with Gasteiger partial charge in [0.15, 0.2) is 0 Å². The SMILES string of the molecule is C=C(COCCCCCCCCCCCCCCCCCC)COC(c1ccccc1)(c1ccccc1)c1ccccc1. The molecule has 234 valence electrons. The Morgan fingerprint density at radius 3 is 1.21 bits per heavy atom. The highest BCUT2D eigenvalue weighted by Gasteiger charge is 2.37. The molecule has 0 radical (unpaired) electrons. The van der Waals surface area contributed by atoms with E-state index in [9.17, 15) is 0 Å². The zero-order valence-corrected chi connectivity index (χ0v) is 27.1. The Morgan fingerprint density at radius 1 is 0.488 bits per heavy atom. The molecule has 0 atom stereocenters. The molecule has 0 spiro atoms. The lowest BCUT2D eigenvalue weighted by atomic mass is 9.80. The largest absolute Gasteiger partial charge is 0.377 e. The van der Waals surface area contributed by atoms with Crippen LogP contribution in [0, 0.1) is 0 Å². The van der Waals surface area contributed by atoms with Crippen LogP contribution >= 0.6 is 0 Å². The smallest absolute Gasteiger partial charge is 0.144 e. The summed E-state index contributed by atoms with van der Waals surface area (Å²) in [5.41, 5.74) is 3.56. The van der Waals surface area contributed by atoms with Crippen molar-refractivity contribution in [1.29, 1.82) is 0 Å². The van der Waals surface area contributed by atoms with E-state index in [4.69, 9.17) is 9.47 Å². The summed E-state index contributed by atoms with van der Waals surface area (Å²) in [5.74, 6) is 0. The molecule has 0 saturated heterocycles. The van der Waals surface area contributed by atoms with E-state index in [2.05, 4.69) is 104 Å². The molecule has 0 bridgehead atoms. The van der Waals surface area contributed by atoms with Crippen LogP contribution in [-0.4, -0.2) is 19.8 Å². The van der Waals surface area contributed by atoms with Gasteiger partial charge < -0.3 is 9.47 Å². The molecule has 2 heteroatoms. The molecule has 0 saturated carbocycles. The van der Waals surface area contributed by atoms with Crippen LogP contribution in [0.2, 0.25) is 0 Å². The Hall–Kier alpha value is -2.68. The first kappa shape index (κ1) is 34.8. The summed E-state index contributed by atoms with van der Waals surface area (Å²) in [6.45, 7) is 8.35. The first-order chi connectivity index (χ1) is 21.3. The molecule has 0 unspecified atom stereocenters. The fraction of sp³-hybridized carbons (Fsp3) is 0.512. The summed E-state index contributed by atoms with van der Waals surface area (Å²) in [4.78, 5) is 0. The average molecular weight is 583 g/mol. The summed E-state index contributed by atoms with van der Waals surface area (Å²) in [7, 11) is 0. The van der Waals surface area contributed by atoms with E-state index in [1.807, 2.05) is 0 Å². The summed E-state index contributed by atoms with van der Waals surface area (Å²) in [5, 5.41) is 0. The number of ether oxygens (including phenoxy) is 2. The third kappa shape index (κ3) is 12.8. The number of benzene rings is 3. The van der Waals surface area contributed by atoms with Gasteiger partial charge in [0.05, 0.1) is 13.2 Å². The van der Waals surface area contributed by atoms with Gasteiger partial charge in [0.2, 0.25) is 0 Å². The van der Waals surface area contributed by atoms with Crippen LogP contribution in [-0.2, 0) is 15.1 Å². The lowest BCUT2D eigenvalue weighted by Gasteiger charge is -2.36. The van der Waals surface area contributed by atoms with Gasteiger partial charge in [-0.2, -0.15) is 0 Å². The maximum atomic E-state index is 6.86. The summed E-state index contributed by atoms with van der Waals surface area (Å²) in [6, 6.07) is 31.5. The van der Waals surface area contributed by atoms with Gasteiger partial charge in [-0.05, 0) is 28.7 Å². The average Bonchev–Trinajstić information content (AvgIpc) is 3.06. The maximum absolute atomic E-state index is 6.86. The Morgan fingerprint density at radius 2 is 0.837 bits per heavy atom. The summed E-state index contributed by atoms with van der Waals surface area (Å²) < 4.78 is 12.9. The Balaban J connectivity index is 1.30. The molecule has 0 amide bonds. The van der Waals surface area contributed by atoms with Crippen molar-refractivity contribution in [2.45, 2.75) is 115 Å². The molecule has 43 heavy (non-hydrogen) atoms. The number of hydrogen-bond acceptors (Lipinski definition) is 2. The van der Waals surface area contributed by atoms with E-state index in [1.165, 1.54) is 96.3 Å². The highest BCUT2D eigenvalue weighted by atomic mass is 16.5. The fourth-order valence-electron chi connectivity index (χ4n) is 5.99. The van der Waals surface area contributed by atoms with Crippen molar-refractivity contribution in [2.24, 2.45) is 0 Å². The third-order valence-electron chi connectivity index (χ3n) is 8.48. The van der Waals surface area contributed by atoms with Crippen molar-refractivity contribution < 1.29 is 9.47 Å². The van der Waals surface area contributed by atoms with Gasteiger partial charge in [-0.15, -0.1) is 0 Å². The predicted octanol–water partition coefficient (Wildman–Crippen LogP) is 11.8. The lowest BCUT2D eigenvalue weighted by molar-refractivity contribution is 0.0210. The van der Waals surface area contributed by atoms with Crippen LogP contribution in [0.3, 0.4) is 0 Å². The Kier molecular flexibility index (Phi) is 17.7. The minimum absolute atomic E-state index is 0.428. The molecule has 0 aromatic heterocycles. The molecule has 0 heterocycles. The van der Waals surface area contributed by atoms with Gasteiger partial charge in [-0.3, -0.25) is 0 Å². The van der Waals surface area contributed by atoms with Crippen LogP contribution in [0.15, 0.2) is 103 Å². The molecule has 2 nitrogen and oxygen atoms in total. The van der Waals surface area contributed by atoms with Crippen LogP contribution in [0.5, 0.6) is 0 Å². The van der Waals surface area contributed by atoms with Crippen LogP contribution in [0.25, 0.3) is 0 Å². The predicted molar refractivity (Wildman–Crippen MR) is 185 cm³/mol. The normalized spacial score (nSPS) is 11.6. The van der Waals surface area contributed by atoms with Gasteiger partial charge in [0, 0.05) is 6.61 Å². The zero-order chi connectivity index (χ0) is 30.3. The van der Waals surface area contributed by atoms with Crippen molar-refractivity contribution in [3.63, 3.8) is 0 Å². The second kappa shape index (κ2) is 21.9. The van der Waals surface area contributed by atoms with Gasteiger partial charge in [-0.25, -0.2) is 0 Å². The minimum atomic E-state index is -0.722. The monoisotopic (exact) mass is 582 g/mol. The lowest BCUT2D eigenvalue weighted by Crippen LogP contribution is -2.33. The van der Waals surface area contributed by atoms with Crippen molar-refractivity contribution in [2.75, 3.05) is 19.8 Å². The fourth-order valence-corrected chi connectivity index (χ4v) is 5.99. The van der Waals surface area contributed by atoms with Crippen molar-refractivity contribution in [1.82, 2.24) is 0 Å². The van der Waals surface area contributed by atoms with E-state index < -0.39 is 5.60 Å². The van der Waals surface area contributed by atoms with E-state index >= 15 is 0 Å². The maximum Gasteiger partial charge on any atom is 0.144 e. The molecule has 0 fully saturated rings. The minimum Gasteiger partial charge on any atom is -0.377 e. The van der Waals surface area contributed by atoms with Gasteiger partial charge in [0.25, 0.3) is 0 Å². The topological polar surface area (TPSA) is 18.5 Å². The zero-order valence-electron chi connectivity index (χ0n) is 27.1. The molecule has 0 aliphatic rings. The molecular weight excluding hydrogens is 524 g/mol. The molecule has 3 aromatic rings. The van der Waals surface area contributed by atoms with Crippen LogP contribution in [0.1, 0.15) is 126 Å². The second-order valence-electron chi connectivity index (χ2n) is 12.2. The number of unbranched alkanes of at least 4 members (excludes halogenated alkanes) is 15. The summed E-state index contributed by atoms with van der Waals surface area (Å²) in [6.07, 6.45) is 22.1.